The molecule has 78 valence electrons. The van der Waals surface area contributed by atoms with E-state index in [9.17, 15) is 4.79 Å². The van der Waals surface area contributed by atoms with Crippen molar-refractivity contribution in [3.63, 3.8) is 0 Å². The average molecular weight is 242 g/mol. The fourth-order valence-electron chi connectivity index (χ4n) is 1.86. The van der Waals surface area contributed by atoms with Gasteiger partial charge >= 0.3 is 0 Å². The summed E-state index contributed by atoms with van der Waals surface area (Å²) in [6, 6.07) is 3.54. The number of allylic oxidation sites excluding steroid dienone is 1. The molecule has 0 aromatic heterocycles. The summed E-state index contributed by atoms with van der Waals surface area (Å²) in [4.78, 5) is 10.8. The molecule has 0 unspecified atom stereocenters. The molecular weight excluding hydrogens is 233 g/mol. The second-order valence-corrected chi connectivity index (χ2v) is 4.33. The Kier molecular flexibility index (Phi) is 2.72. The van der Waals surface area contributed by atoms with Crippen LogP contribution in [0.2, 0.25) is 10.0 Å². The van der Waals surface area contributed by atoms with Crippen molar-refractivity contribution in [1.82, 2.24) is 0 Å². The first-order valence-electron chi connectivity index (χ1n) is 4.56. The highest BCUT2D eigenvalue weighted by atomic mass is 35.5. The molecule has 2 rings (SSSR count). The third kappa shape index (κ3) is 2.01. The number of hydrogen-bond donors (Lipinski definition) is 1. The predicted molar refractivity (Wildman–Crippen MR) is 62.0 cm³/mol. The zero-order valence-electron chi connectivity index (χ0n) is 7.89. The Balaban J connectivity index is 2.55. The Hall–Kier alpha value is -0.990. The summed E-state index contributed by atoms with van der Waals surface area (Å²) in [5.41, 5.74) is 8.04. The molecule has 1 aromatic rings. The highest BCUT2D eigenvalue weighted by Crippen LogP contribution is 2.38. The molecule has 1 aromatic carbocycles. The zero-order valence-corrected chi connectivity index (χ0v) is 9.40. The quantitative estimate of drug-likeness (QED) is 0.756. The standard InChI is InChI=1S/C11H9Cl2NO/c12-7-4-9-6(3-11(14)15)1-2-8(9)10(13)5-7/h3-5H,1-2H2,(H2,14,15)/b6-3-. The summed E-state index contributed by atoms with van der Waals surface area (Å²) >= 11 is 12.0. The van der Waals surface area contributed by atoms with Gasteiger partial charge in [0, 0.05) is 16.1 Å². The van der Waals surface area contributed by atoms with Crippen LogP contribution in [0.3, 0.4) is 0 Å². The summed E-state index contributed by atoms with van der Waals surface area (Å²) in [6.45, 7) is 0. The fourth-order valence-corrected chi connectivity index (χ4v) is 2.45. The lowest BCUT2D eigenvalue weighted by atomic mass is 10.1. The number of amides is 1. The second-order valence-electron chi connectivity index (χ2n) is 3.49. The van der Waals surface area contributed by atoms with Crippen molar-refractivity contribution in [2.75, 3.05) is 0 Å². The zero-order chi connectivity index (χ0) is 11.0. The summed E-state index contributed by atoms with van der Waals surface area (Å²) in [6.07, 6.45) is 3.07. The number of rotatable bonds is 1. The van der Waals surface area contributed by atoms with Gasteiger partial charge in [0.2, 0.25) is 5.91 Å². The maximum absolute atomic E-state index is 10.8. The second kappa shape index (κ2) is 3.87. The molecule has 0 spiro atoms. The van der Waals surface area contributed by atoms with Gasteiger partial charge in [-0.15, -0.1) is 0 Å². The number of hydrogen-bond acceptors (Lipinski definition) is 1. The minimum Gasteiger partial charge on any atom is -0.366 e. The molecule has 1 aliphatic carbocycles. The van der Waals surface area contributed by atoms with Crippen molar-refractivity contribution in [1.29, 1.82) is 0 Å². The number of fused-ring (bicyclic) bond motifs is 1. The molecule has 0 aliphatic heterocycles. The third-order valence-corrected chi connectivity index (χ3v) is 3.02. The molecule has 0 saturated heterocycles. The van der Waals surface area contributed by atoms with E-state index in [1.54, 1.807) is 6.07 Å². The molecule has 15 heavy (non-hydrogen) atoms. The van der Waals surface area contributed by atoms with Gasteiger partial charge in [0.1, 0.15) is 0 Å². The maximum Gasteiger partial charge on any atom is 0.241 e. The first-order valence-corrected chi connectivity index (χ1v) is 5.32. The van der Waals surface area contributed by atoms with Gasteiger partial charge in [0.25, 0.3) is 0 Å². The van der Waals surface area contributed by atoms with E-state index >= 15 is 0 Å². The highest BCUT2D eigenvalue weighted by Gasteiger charge is 2.19. The average Bonchev–Trinajstić information content (AvgIpc) is 2.48. The van der Waals surface area contributed by atoms with Crippen molar-refractivity contribution < 1.29 is 4.79 Å². The van der Waals surface area contributed by atoms with Crippen molar-refractivity contribution in [3.05, 3.63) is 39.4 Å². The topological polar surface area (TPSA) is 43.1 Å². The Bertz CT molecular complexity index is 466. The number of nitrogens with two attached hydrogens (primary N) is 1. The lowest BCUT2D eigenvalue weighted by Gasteiger charge is -2.03. The molecule has 0 fully saturated rings. The monoisotopic (exact) mass is 241 g/mol. The summed E-state index contributed by atoms with van der Waals surface area (Å²) in [5.74, 6) is -0.436. The molecule has 2 N–H and O–H groups in total. The first-order chi connectivity index (χ1) is 7.08. The number of carbonyl (C=O) groups is 1. The molecule has 0 atom stereocenters. The number of benzene rings is 1. The summed E-state index contributed by atoms with van der Waals surface area (Å²) in [5, 5.41) is 1.24. The van der Waals surface area contributed by atoms with Crippen LogP contribution in [0, 0.1) is 0 Å². The van der Waals surface area contributed by atoms with Gasteiger partial charge in [-0.05, 0) is 41.7 Å². The van der Waals surface area contributed by atoms with E-state index in [0.29, 0.717) is 10.0 Å². The number of halogens is 2. The Morgan fingerprint density at radius 3 is 2.73 bits per heavy atom. The molecule has 0 heterocycles. The molecule has 1 aliphatic rings. The van der Waals surface area contributed by atoms with E-state index in [-0.39, 0.29) is 0 Å². The van der Waals surface area contributed by atoms with Crippen molar-refractivity contribution in [3.8, 4) is 0 Å². The lowest BCUT2D eigenvalue weighted by Crippen LogP contribution is -2.06. The van der Waals surface area contributed by atoms with E-state index in [4.69, 9.17) is 28.9 Å². The smallest absolute Gasteiger partial charge is 0.241 e. The van der Waals surface area contributed by atoms with E-state index < -0.39 is 5.91 Å². The first kappa shape index (κ1) is 10.5. The summed E-state index contributed by atoms with van der Waals surface area (Å²) in [7, 11) is 0. The van der Waals surface area contributed by atoms with Crippen LogP contribution in [-0.4, -0.2) is 5.91 Å². The van der Waals surface area contributed by atoms with Crippen LogP contribution >= 0.6 is 23.2 Å². The minimum absolute atomic E-state index is 0.436. The molecule has 0 bridgehead atoms. The Morgan fingerprint density at radius 1 is 1.33 bits per heavy atom. The van der Waals surface area contributed by atoms with E-state index in [1.807, 2.05) is 6.07 Å². The van der Waals surface area contributed by atoms with Gasteiger partial charge in [-0.25, -0.2) is 0 Å². The Morgan fingerprint density at radius 2 is 2.07 bits per heavy atom. The van der Waals surface area contributed by atoms with Crippen molar-refractivity contribution in [2.24, 2.45) is 5.73 Å². The van der Waals surface area contributed by atoms with Crippen molar-refractivity contribution in [2.45, 2.75) is 12.8 Å². The van der Waals surface area contributed by atoms with Gasteiger partial charge in [0.15, 0.2) is 0 Å². The third-order valence-electron chi connectivity index (χ3n) is 2.47. The molecule has 4 heteroatoms. The van der Waals surface area contributed by atoms with E-state index in [1.165, 1.54) is 6.08 Å². The van der Waals surface area contributed by atoms with E-state index in [0.717, 1.165) is 29.5 Å². The minimum atomic E-state index is -0.436. The molecular formula is C11H9Cl2NO. The van der Waals surface area contributed by atoms with Crippen LogP contribution in [0.15, 0.2) is 18.2 Å². The number of primary amides is 1. The van der Waals surface area contributed by atoms with Gasteiger partial charge < -0.3 is 5.73 Å². The van der Waals surface area contributed by atoms with Crippen LogP contribution in [0.4, 0.5) is 0 Å². The predicted octanol–water partition coefficient (Wildman–Crippen LogP) is 2.81. The lowest BCUT2D eigenvalue weighted by molar-refractivity contribution is -0.113. The Labute approximate surface area is 97.7 Å². The van der Waals surface area contributed by atoms with Crippen molar-refractivity contribution >= 4 is 34.7 Å². The van der Waals surface area contributed by atoms with Gasteiger partial charge in [-0.3, -0.25) is 4.79 Å². The normalized spacial score (nSPS) is 16.8. The molecule has 1 amide bonds. The summed E-state index contributed by atoms with van der Waals surface area (Å²) < 4.78 is 0. The molecule has 0 radical (unpaired) electrons. The maximum atomic E-state index is 10.8. The number of carbonyl (C=O) groups excluding carboxylic acids is 1. The van der Waals surface area contributed by atoms with Crippen LogP contribution in [0.25, 0.3) is 5.57 Å². The molecule has 2 nitrogen and oxygen atoms in total. The van der Waals surface area contributed by atoms with Gasteiger partial charge in [0.05, 0.1) is 0 Å². The highest BCUT2D eigenvalue weighted by molar-refractivity contribution is 6.35. The largest absolute Gasteiger partial charge is 0.366 e. The van der Waals surface area contributed by atoms with Crippen LogP contribution < -0.4 is 5.73 Å². The SMILES string of the molecule is NC(=O)/C=C1/CCc2c(Cl)cc(Cl)cc21. The van der Waals surface area contributed by atoms with Crippen LogP contribution in [-0.2, 0) is 11.2 Å². The molecule has 0 saturated carbocycles. The van der Waals surface area contributed by atoms with Crippen LogP contribution in [0.5, 0.6) is 0 Å². The van der Waals surface area contributed by atoms with E-state index in [2.05, 4.69) is 0 Å². The fraction of sp³-hybridized carbons (Fsp3) is 0.182. The van der Waals surface area contributed by atoms with Gasteiger partial charge in [-0.1, -0.05) is 23.2 Å². The van der Waals surface area contributed by atoms with Crippen LogP contribution in [0.1, 0.15) is 17.5 Å². The van der Waals surface area contributed by atoms with Gasteiger partial charge in [-0.2, -0.15) is 0 Å².